The first kappa shape index (κ1) is 10.7. The van der Waals surface area contributed by atoms with Crippen molar-refractivity contribution in [2.75, 3.05) is 35.8 Å². The van der Waals surface area contributed by atoms with Gasteiger partial charge in [0.25, 0.3) is 0 Å². The molecule has 86 valence electrons. The highest BCUT2D eigenvalue weighted by Gasteiger charge is 2.20. The van der Waals surface area contributed by atoms with Crippen molar-refractivity contribution >= 4 is 17.3 Å². The van der Waals surface area contributed by atoms with E-state index in [9.17, 15) is 0 Å². The summed E-state index contributed by atoms with van der Waals surface area (Å²) in [5, 5.41) is 6.51. The maximum absolute atomic E-state index is 4.26. The van der Waals surface area contributed by atoms with Gasteiger partial charge in [-0.2, -0.15) is 0 Å². The Balaban J connectivity index is 2.16. The van der Waals surface area contributed by atoms with Gasteiger partial charge in [-0.15, -0.1) is 0 Å². The summed E-state index contributed by atoms with van der Waals surface area (Å²) in [5.41, 5.74) is 2.34. The molecular formula is C11H17N5. The fraction of sp³-hybridized carbons (Fsp3) is 0.455. The minimum atomic E-state index is 0.783. The van der Waals surface area contributed by atoms with Crippen LogP contribution in [0.3, 0.4) is 0 Å². The van der Waals surface area contributed by atoms with Gasteiger partial charge in [0.1, 0.15) is 12.0 Å². The molecule has 1 aromatic heterocycles. The molecule has 16 heavy (non-hydrogen) atoms. The van der Waals surface area contributed by atoms with Gasteiger partial charge in [-0.25, -0.2) is 9.97 Å². The first-order valence-electron chi connectivity index (χ1n) is 5.35. The van der Waals surface area contributed by atoms with E-state index in [1.54, 1.807) is 6.33 Å². The van der Waals surface area contributed by atoms with Crippen molar-refractivity contribution in [3.63, 3.8) is 0 Å². The standard InChI is InChI=1S/C11H17N5/c1-8(2)4-5-12-10-9-11(14-6-13-10)15-7-16(9)3/h4,6H,5,7H2,1-3H3,(H2,12,13,14,15). The average molecular weight is 219 g/mol. The largest absolute Gasteiger partial charge is 0.365 e. The normalized spacial score (nSPS) is 13.1. The van der Waals surface area contributed by atoms with Crippen molar-refractivity contribution < 1.29 is 0 Å². The molecule has 0 radical (unpaired) electrons. The van der Waals surface area contributed by atoms with Crippen LogP contribution in [0.15, 0.2) is 18.0 Å². The number of hydrogen-bond acceptors (Lipinski definition) is 5. The molecule has 0 amide bonds. The van der Waals surface area contributed by atoms with Gasteiger partial charge in [0.05, 0.1) is 6.67 Å². The molecule has 1 aliphatic rings. The molecular weight excluding hydrogens is 202 g/mol. The zero-order valence-electron chi connectivity index (χ0n) is 9.91. The van der Waals surface area contributed by atoms with Crippen LogP contribution < -0.4 is 15.5 Å². The maximum Gasteiger partial charge on any atom is 0.156 e. The van der Waals surface area contributed by atoms with E-state index in [1.807, 2.05) is 7.05 Å². The maximum atomic E-state index is 4.26. The van der Waals surface area contributed by atoms with Crippen LogP contribution in [0.5, 0.6) is 0 Å². The van der Waals surface area contributed by atoms with Crippen molar-refractivity contribution in [3.05, 3.63) is 18.0 Å². The van der Waals surface area contributed by atoms with Crippen LogP contribution in [-0.4, -0.2) is 30.2 Å². The van der Waals surface area contributed by atoms with Crippen molar-refractivity contribution in [3.8, 4) is 0 Å². The second-order valence-electron chi connectivity index (χ2n) is 4.11. The molecule has 5 heteroatoms. The van der Waals surface area contributed by atoms with E-state index in [1.165, 1.54) is 5.57 Å². The second-order valence-corrected chi connectivity index (χ2v) is 4.11. The third-order valence-corrected chi connectivity index (χ3v) is 2.47. The lowest BCUT2D eigenvalue weighted by atomic mass is 10.3. The molecule has 5 nitrogen and oxygen atoms in total. The zero-order chi connectivity index (χ0) is 11.5. The number of nitrogens with one attached hydrogen (secondary N) is 2. The first-order chi connectivity index (χ1) is 7.68. The quantitative estimate of drug-likeness (QED) is 0.757. The minimum absolute atomic E-state index is 0.783. The first-order valence-corrected chi connectivity index (χ1v) is 5.35. The van der Waals surface area contributed by atoms with Crippen LogP contribution >= 0.6 is 0 Å². The smallest absolute Gasteiger partial charge is 0.156 e. The Hall–Kier alpha value is -1.78. The third kappa shape index (κ3) is 2.08. The predicted octanol–water partition coefficient (Wildman–Crippen LogP) is 1.67. The summed E-state index contributed by atoms with van der Waals surface area (Å²) < 4.78 is 0. The molecule has 0 spiro atoms. The number of allylic oxidation sites excluding steroid dienone is 1. The second kappa shape index (κ2) is 4.38. The minimum Gasteiger partial charge on any atom is -0.365 e. The topological polar surface area (TPSA) is 53.1 Å². The van der Waals surface area contributed by atoms with E-state index in [2.05, 4.69) is 45.4 Å². The fourth-order valence-corrected chi connectivity index (χ4v) is 1.62. The average Bonchev–Trinajstić information content (AvgIpc) is 2.61. The van der Waals surface area contributed by atoms with E-state index < -0.39 is 0 Å². The van der Waals surface area contributed by atoms with Gasteiger partial charge in [-0.3, -0.25) is 0 Å². The van der Waals surface area contributed by atoms with Crippen LogP contribution in [0.25, 0.3) is 0 Å². The van der Waals surface area contributed by atoms with Crippen LogP contribution in [0.2, 0.25) is 0 Å². The van der Waals surface area contributed by atoms with Crippen LogP contribution in [0.1, 0.15) is 13.8 Å². The number of aromatic nitrogens is 2. The third-order valence-electron chi connectivity index (χ3n) is 2.47. The van der Waals surface area contributed by atoms with Gasteiger partial charge in [0.2, 0.25) is 0 Å². The molecule has 0 unspecified atom stereocenters. The number of hydrogen-bond donors (Lipinski definition) is 2. The van der Waals surface area contributed by atoms with E-state index in [-0.39, 0.29) is 0 Å². The molecule has 2 rings (SSSR count). The molecule has 2 N–H and O–H groups in total. The molecule has 0 saturated carbocycles. The lowest BCUT2D eigenvalue weighted by Gasteiger charge is -2.13. The summed E-state index contributed by atoms with van der Waals surface area (Å²) in [5.74, 6) is 1.78. The van der Waals surface area contributed by atoms with Gasteiger partial charge >= 0.3 is 0 Å². The summed E-state index contributed by atoms with van der Waals surface area (Å²) in [6, 6.07) is 0. The fourth-order valence-electron chi connectivity index (χ4n) is 1.62. The summed E-state index contributed by atoms with van der Waals surface area (Å²) in [7, 11) is 2.02. The summed E-state index contributed by atoms with van der Waals surface area (Å²) >= 11 is 0. The molecule has 1 aromatic rings. The predicted molar refractivity (Wildman–Crippen MR) is 66.8 cm³/mol. The number of nitrogens with zero attached hydrogens (tertiary/aromatic N) is 3. The van der Waals surface area contributed by atoms with E-state index in [0.29, 0.717) is 0 Å². The van der Waals surface area contributed by atoms with E-state index in [0.717, 1.165) is 30.5 Å². The van der Waals surface area contributed by atoms with E-state index >= 15 is 0 Å². The highest BCUT2D eigenvalue weighted by Crippen LogP contribution is 2.33. The molecule has 0 saturated heterocycles. The number of fused-ring (bicyclic) bond motifs is 1. The Morgan fingerprint density at radius 1 is 1.56 bits per heavy atom. The van der Waals surface area contributed by atoms with Gasteiger partial charge < -0.3 is 15.5 Å². The lowest BCUT2D eigenvalue weighted by Crippen LogP contribution is -2.17. The van der Waals surface area contributed by atoms with Crippen molar-refractivity contribution in [2.45, 2.75) is 13.8 Å². The van der Waals surface area contributed by atoms with Crippen LogP contribution in [0.4, 0.5) is 17.3 Å². The molecule has 0 aliphatic carbocycles. The number of anilines is 3. The van der Waals surface area contributed by atoms with Crippen molar-refractivity contribution in [1.29, 1.82) is 0 Å². The van der Waals surface area contributed by atoms with E-state index in [4.69, 9.17) is 0 Å². The Morgan fingerprint density at radius 3 is 3.12 bits per heavy atom. The Kier molecular flexibility index (Phi) is 2.94. The molecule has 1 aliphatic heterocycles. The lowest BCUT2D eigenvalue weighted by molar-refractivity contribution is 1.03. The van der Waals surface area contributed by atoms with Crippen LogP contribution in [0, 0.1) is 0 Å². The summed E-state index contributed by atoms with van der Waals surface area (Å²) in [4.78, 5) is 10.6. The molecule has 0 bridgehead atoms. The molecule has 0 atom stereocenters. The Morgan fingerprint density at radius 2 is 2.38 bits per heavy atom. The Labute approximate surface area is 95.6 Å². The number of rotatable bonds is 3. The highest BCUT2D eigenvalue weighted by atomic mass is 15.3. The molecule has 0 aromatic carbocycles. The summed E-state index contributed by atoms with van der Waals surface area (Å²) in [6.07, 6.45) is 3.72. The Bertz CT molecular complexity index is 409. The zero-order valence-corrected chi connectivity index (χ0v) is 9.91. The highest BCUT2D eigenvalue weighted by molar-refractivity contribution is 5.81. The SMILES string of the molecule is CC(C)=CCNc1ncnc2c1N(C)CN2. The van der Waals surface area contributed by atoms with Crippen LogP contribution in [-0.2, 0) is 0 Å². The monoisotopic (exact) mass is 219 g/mol. The van der Waals surface area contributed by atoms with Gasteiger partial charge in [-0.1, -0.05) is 11.6 Å². The van der Waals surface area contributed by atoms with Gasteiger partial charge in [0.15, 0.2) is 11.6 Å². The molecule has 0 fully saturated rings. The van der Waals surface area contributed by atoms with Gasteiger partial charge in [0, 0.05) is 13.6 Å². The van der Waals surface area contributed by atoms with Crippen molar-refractivity contribution in [2.24, 2.45) is 0 Å². The summed E-state index contributed by atoms with van der Waals surface area (Å²) in [6.45, 7) is 5.74. The van der Waals surface area contributed by atoms with Crippen molar-refractivity contribution in [1.82, 2.24) is 9.97 Å². The van der Waals surface area contributed by atoms with Gasteiger partial charge in [-0.05, 0) is 13.8 Å². The molecule has 2 heterocycles.